The first-order chi connectivity index (χ1) is 25.0. The monoisotopic (exact) mass is 725 g/mol. The van der Waals surface area contributed by atoms with Crippen molar-refractivity contribution in [3.8, 4) is 5.75 Å². The number of amides is 1. The number of phenols is 1. The summed E-state index contributed by atoms with van der Waals surface area (Å²) in [5.74, 6) is -6.30. The highest BCUT2D eigenvalue weighted by molar-refractivity contribution is 5.95. The molecular weight excluding hydrogens is 670 g/mol. The third-order valence-electron chi connectivity index (χ3n) is 8.60. The number of nitrogens with one attached hydrogen (secondary N) is 1. The van der Waals surface area contributed by atoms with Crippen LogP contribution >= 0.6 is 0 Å². The summed E-state index contributed by atoms with van der Waals surface area (Å²) in [5, 5.41) is 33.5. The minimum Gasteiger partial charge on any atom is -0.508 e. The Morgan fingerprint density at radius 3 is 2.10 bits per heavy atom. The molecular formula is C40H55NO11. The van der Waals surface area contributed by atoms with E-state index < -0.39 is 54.6 Å². The van der Waals surface area contributed by atoms with Gasteiger partial charge in [-0.2, -0.15) is 0 Å². The van der Waals surface area contributed by atoms with Crippen molar-refractivity contribution >= 4 is 29.6 Å². The number of hydrogen-bond acceptors (Lipinski definition) is 10. The number of ketones is 1. The number of carbonyl (C=O) groups is 5. The molecule has 0 saturated heterocycles. The molecule has 0 fully saturated rings. The molecule has 0 aliphatic rings. The molecule has 0 radical (unpaired) electrons. The number of aliphatic hydroxyl groups is 1. The number of ether oxygens (including phenoxy) is 3. The van der Waals surface area contributed by atoms with Crippen LogP contribution in [0.5, 0.6) is 5.75 Å². The zero-order valence-electron chi connectivity index (χ0n) is 30.4. The van der Waals surface area contributed by atoms with Crippen LogP contribution < -0.4 is 5.32 Å². The second kappa shape index (κ2) is 24.6. The number of hydrogen-bond donors (Lipinski definition) is 4. The number of allylic oxidation sites excluding steroid dienone is 1. The molecule has 2 aromatic rings. The van der Waals surface area contributed by atoms with Gasteiger partial charge in [0.25, 0.3) is 0 Å². The normalized spacial score (nSPS) is 13.5. The van der Waals surface area contributed by atoms with Crippen LogP contribution in [0.2, 0.25) is 0 Å². The van der Waals surface area contributed by atoms with E-state index in [-0.39, 0.29) is 24.6 Å². The number of carbonyl (C=O) groups excluding carboxylic acids is 4. The largest absolute Gasteiger partial charge is 0.508 e. The van der Waals surface area contributed by atoms with Crippen molar-refractivity contribution in [3.63, 3.8) is 0 Å². The van der Waals surface area contributed by atoms with Gasteiger partial charge in [-0.15, -0.1) is 0 Å². The molecule has 0 heterocycles. The number of Topliss-reactive ketones (excluding diaryl/α,β-unsaturated/α-hetero) is 1. The number of rotatable bonds is 27. The van der Waals surface area contributed by atoms with Crippen molar-refractivity contribution < 1.29 is 53.5 Å². The lowest BCUT2D eigenvalue weighted by Crippen LogP contribution is -2.56. The molecule has 286 valence electrons. The number of aromatic hydroxyl groups is 1. The van der Waals surface area contributed by atoms with E-state index in [9.17, 15) is 39.3 Å². The first kappa shape index (κ1) is 43.6. The van der Waals surface area contributed by atoms with Crippen molar-refractivity contribution in [2.45, 2.75) is 115 Å². The zero-order valence-corrected chi connectivity index (χ0v) is 30.4. The van der Waals surface area contributed by atoms with Gasteiger partial charge in [0.15, 0.2) is 12.4 Å². The Morgan fingerprint density at radius 2 is 1.48 bits per heavy atom. The van der Waals surface area contributed by atoms with E-state index in [1.807, 2.05) is 6.07 Å². The summed E-state index contributed by atoms with van der Waals surface area (Å²) < 4.78 is 15.4. The van der Waals surface area contributed by atoms with Crippen molar-refractivity contribution in [1.29, 1.82) is 0 Å². The van der Waals surface area contributed by atoms with E-state index in [1.54, 1.807) is 42.5 Å². The maximum Gasteiger partial charge on any atom is 0.342 e. The molecule has 12 heteroatoms. The lowest BCUT2D eigenvalue weighted by atomic mass is 9.82. The quantitative estimate of drug-likeness (QED) is 0.0369. The fraction of sp³-hybridized carbons (Fsp3) is 0.525. The Kier molecular flexibility index (Phi) is 20.6. The van der Waals surface area contributed by atoms with Crippen LogP contribution in [-0.4, -0.2) is 70.5 Å². The molecule has 0 saturated carbocycles. The Morgan fingerprint density at radius 1 is 0.846 bits per heavy atom. The van der Waals surface area contributed by atoms with Crippen LogP contribution in [0.15, 0.2) is 66.7 Å². The van der Waals surface area contributed by atoms with Crippen molar-refractivity contribution in [1.82, 2.24) is 5.32 Å². The number of methoxy groups -OCH3 is 1. The average molecular weight is 726 g/mol. The number of unbranched alkanes of at least 4 members (excludes halogenated alkanes) is 8. The van der Waals surface area contributed by atoms with E-state index in [0.29, 0.717) is 31.2 Å². The number of esters is 2. The van der Waals surface area contributed by atoms with Gasteiger partial charge in [-0.25, -0.2) is 9.59 Å². The Balaban J connectivity index is 2.14. The molecule has 4 N–H and O–H groups in total. The molecule has 0 bridgehead atoms. The minimum atomic E-state index is -2.88. The number of phenolic OH excluding ortho intramolecular Hbond substituents is 1. The van der Waals surface area contributed by atoms with Gasteiger partial charge >= 0.3 is 17.9 Å². The minimum absolute atomic E-state index is 0.000690. The van der Waals surface area contributed by atoms with Gasteiger partial charge in [-0.1, -0.05) is 100 Å². The van der Waals surface area contributed by atoms with E-state index in [4.69, 9.17) is 14.2 Å². The van der Waals surface area contributed by atoms with E-state index in [2.05, 4.69) is 12.2 Å². The van der Waals surface area contributed by atoms with Gasteiger partial charge in [0.1, 0.15) is 17.6 Å². The van der Waals surface area contributed by atoms with Crippen LogP contribution in [0, 0.1) is 5.92 Å². The van der Waals surface area contributed by atoms with Crippen LogP contribution in [-0.2, 0) is 51.2 Å². The smallest absolute Gasteiger partial charge is 0.342 e. The highest BCUT2D eigenvalue weighted by Crippen LogP contribution is 2.27. The summed E-state index contributed by atoms with van der Waals surface area (Å²) >= 11 is 0. The number of carboxylic acids is 1. The van der Waals surface area contributed by atoms with Gasteiger partial charge in [0.05, 0.1) is 26.1 Å². The fourth-order valence-electron chi connectivity index (χ4n) is 5.64. The van der Waals surface area contributed by atoms with Crippen LogP contribution in [0.25, 0.3) is 0 Å². The third-order valence-corrected chi connectivity index (χ3v) is 8.60. The number of aliphatic carboxylic acids is 1. The average Bonchev–Trinajstić information content (AvgIpc) is 3.12. The lowest BCUT2D eigenvalue weighted by Gasteiger charge is -2.31. The molecule has 52 heavy (non-hydrogen) atoms. The number of carboxylic acid groups (broad SMARTS) is 1. The molecule has 12 nitrogen and oxygen atoms in total. The van der Waals surface area contributed by atoms with E-state index in [0.717, 1.165) is 57.6 Å². The summed E-state index contributed by atoms with van der Waals surface area (Å²) in [5.41, 5.74) is -1.53. The Bertz CT molecular complexity index is 1410. The first-order valence-electron chi connectivity index (χ1n) is 18.1. The van der Waals surface area contributed by atoms with E-state index in [1.165, 1.54) is 24.6 Å². The summed E-state index contributed by atoms with van der Waals surface area (Å²) in [6.07, 6.45) is 11.8. The van der Waals surface area contributed by atoms with Gasteiger partial charge in [-0.05, 0) is 48.9 Å². The van der Waals surface area contributed by atoms with Crippen LogP contribution in [0.1, 0.15) is 102 Å². The summed E-state index contributed by atoms with van der Waals surface area (Å²) in [4.78, 5) is 64.0. The van der Waals surface area contributed by atoms with E-state index >= 15 is 0 Å². The fourth-order valence-corrected chi connectivity index (χ4v) is 5.64. The summed E-state index contributed by atoms with van der Waals surface area (Å²) in [7, 11) is 1.13. The second-order valence-corrected chi connectivity index (χ2v) is 12.9. The zero-order chi connectivity index (χ0) is 38.2. The predicted octanol–water partition coefficient (Wildman–Crippen LogP) is 5.96. The molecule has 3 atom stereocenters. The van der Waals surface area contributed by atoms with Gasteiger partial charge in [-0.3, -0.25) is 14.4 Å². The Labute approximate surface area is 306 Å². The van der Waals surface area contributed by atoms with Gasteiger partial charge < -0.3 is 34.8 Å². The summed E-state index contributed by atoms with van der Waals surface area (Å²) in [6.45, 7) is 1.60. The van der Waals surface area contributed by atoms with Crippen LogP contribution in [0.4, 0.5) is 0 Å². The van der Waals surface area contributed by atoms with Gasteiger partial charge in [0.2, 0.25) is 5.91 Å². The first-order valence-corrected chi connectivity index (χ1v) is 18.1. The molecule has 0 spiro atoms. The molecule has 0 aliphatic heterocycles. The number of benzene rings is 2. The highest BCUT2D eigenvalue weighted by Gasteiger charge is 2.50. The lowest BCUT2D eigenvalue weighted by molar-refractivity contribution is -0.188. The standard InChI is InChI=1S/C40H55NO11/c1-3-4-5-8-14-19-32(42)20-15-9-6-7-10-16-21-34(37(46)41-35(38(47)50-2)26-30-22-24-33(43)25-23-30)40(49,27-36(44)45)39(48)52-29-51-28-31-17-12-11-13-18-31/h11-13,16-18,21-25,34-35,43,49H,3-10,14-15,19-20,26-29H2,1-2H3,(H,41,46)(H,44,45)/b21-16+/t34-,35+,40+/m1/s1. The van der Waals surface area contributed by atoms with Crippen LogP contribution in [0.3, 0.4) is 0 Å². The van der Waals surface area contributed by atoms with Crippen molar-refractivity contribution in [2.24, 2.45) is 5.92 Å². The highest BCUT2D eigenvalue weighted by atomic mass is 16.7. The molecule has 0 unspecified atom stereocenters. The maximum atomic E-state index is 13.8. The topological polar surface area (TPSA) is 186 Å². The SMILES string of the molecule is CCCCCCCC(=O)CCCCCC/C=C/[C@H](C(=O)N[C@@H](Cc1ccc(O)cc1)C(=O)OC)[C@@](O)(CC(=O)O)C(=O)OCOCc1ccccc1. The Hall–Kier alpha value is -4.55. The molecule has 0 aromatic heterocycles. The predicted molar refractivity (Wildman–Crippen MR) is 194 cm³/mol. The van der Waals surface area contributed by atoms with Crippen molar-refractivity contribution in [3.05, 3.63) is 77.9 Å². The van der Waals surface area contributed by atoms with Gasteiger partial charge in [0, 0.05) is 19.3 Å². The molecule has 1 amide bonds. The second-order valence-electron chi connectivity index (χ2n) is 12.9. The van der Waals surface area contributed by atoms with Crippen molar-refractivity contribution in [2.75, 3.05) is 13.9 Å². The molecule has 2 rings (SSSR count). The molecule has 0 aliphatic carbocycles. The third kappa shape index (κ3) is 16.6. The summed E-state index contributed by atoms with van der Waals surface area (Å²) in [6, 6.07) is 13.6. The molecule has 2 aromatic carbocycles. The maximum absolute atomic E-state index is 13.8.